The van der Waals surface area contributed by atoms with Crippen molar-refractivity contribution in [1.29, 1.82) is 0 Å². The lowest BCUT2D eigenvalue weighted by atomic mass is 10.2. The van der Waals surface area contributed by atoms with Gasteiger partial charge in [-0.15, -0.1) is 0 Å². The van der Waals surface area contributed by atoms with E-state index in [2.05, 4.69) is 15.8 Å². The summed E-state index contributed by atoms with van der Waals surface area (Å²) in [5.41, 5.74) is 4.66. The molecule has 0 radical (unpaired) electrons. The fourth-order valence-electron chi connectivity index (χ4n) is 2.71. The molecule has 3 rings (SSSR count). The van der Waals surface area contributed by atoms with Gasteiger partial charge in [0.15, 0.2) is 6.61 Å². The van der Waals surface area contributed by atoms with E-state index in [4.69, 9.17) is 9.47 Å². The van der Waals surface area contributed by atoms with Gasteiger partial charge in [0.2, 0.25) is 5.91 Å². The first-order valence-electron chi connectivity index (χ1n) is 10.1. The lowest BCUT2D eigenvalue weighted by Gasteiger charge is -2.09. The molecule has 0 saturated carbocycles. The topological polar surface area (TPSA) is 89.0 Å². The van der Waals surface area contributed by atoms with Crippen molar-refractivity contribution in [3.05, 3.63) is 90.5 Å². The minimum Gasteiger partial charge on any atom is -0.489 e. The van der Waals surface area contributed by atoms with Gasteiger partial charge in [-0.3, -0.25) is 9.59 Å². The molecule has 0 spiro atoms. The Kier molecular flexibility index (Phi) is 8.39. The molecule has 0 bridgehead atoms. The van der Waals surface area contributed by atoms with Crippen molar-refractivity contribution in [2.45, 2.75) is 20.0 Å². The monoisotopic (exact) mass is 431 g/mol. The Balaban J connectivity index is 1.37. The van der Waals surface area contributed by atoms with Crippen LogP contribution >= 0.6 is 0 Å². The molecule has 0 aliphatic heterocycles. The van der Waals surface area contributed by atoms with Crippen LogP contribution in [-0.2, 0) is 16.2 Å². The summed E-state index contributed by atoms with van der Waals surface area (Å²) < 4.78 is 11.2. The van der Waals surface area contributed by atoms with Crippen molar-refractivity contribution in [2.24, 2.45) is 5.10 Å². The summed E-state index contributed by atoms with van der Waals surface area (Å²) in [6.45, 7) is 1.95. The van der Waals surface area contributed by atoms with E-state index in [1.54, 1.807) is 43.3 Å². The van der Waals surface area contributed by atoms with E-state index in [-0.39, 0.29) is 18.9 Å². The van der Waals surface area contributed by atoms with Gasteiger partial charge < -0.3 is 14.8 Å². The molecule has 2 N–H and O–H groups in total. The molecule has 7 heteroatoms. The van der Waals surface area contributed by atoms with Crippen molar-refractivity contribution >= 4 is 23.2 Å². The van der Waals surface area contributed by atoms with Gasteiger partial charge in [0.25, 0.3) is 5.91 Å². The number of hydrazone groups is 1. The second-order valence-electron chi connectivity index (χ2n) is 7.01. The Morgan fingerprint density at radius 1 is 0.781 bits per heavy atom. The van der Waals surface area contributed by atoms with Crippen LogP contribution in [0.25, 0.3) is 0 Å². The van der Waals surface area contributed by atoms with E-state index < -0.39 is 5.91 Å². The molecular weight excluding hydrogens is 406 g/mol. The molecule has 7 nitrogen and oxygen atoms in total. The summed E-state index contributed by atoms with van der Waals surface area (Å²) in [5.74, 6) is 0.615. The molecule has 0 heterocycles. The van der Waals surface area contributed by atoms with Crippen molar-refractivity contribution in [3.63, 3.8) is 0 Å². The molecule has 0 aromatic heterocycles. The Morgan fingerprint density at radius 3 is 2.03 bits per heavy atom. The highest BCUT2D eigenvalue weighted by Crippen LogP contribution is 2.18. The first-order chi connectivity index (χ1) is 15.6. The molecule has 2 amide bonds. The van der Waals surface area contributed by atoms with Crippen molar-refractivity contribution in [1.82, 2.24) is 5.43 Å². The summed E-state index contributed by atoms with van der Waals surface area (Å²) in [5, 5.41) is 6.70. The molecule has 164 valence electrons. The highest BCUT2D eigenvalue weighted by molar-refractivity contribution is 6.05. The number of benzene rings is 3. The summed E-state index contributed by atoms with van der Waals surface area (Å²) in [7, 11) is 0. The van der Waals surface area contributed by atoms with Gasteiger partial charge in [0.1, 0.15) is 18.1 Å². The molecule has 0 aliphatic rings. The van der Waals surface area contributed by atoms with E-state index in [0.717, 1.165) is 5.56 Å². The fourth-order valence-corrected chi connectivity index (χ4v) is 2.71. The van der Waals surface area contributed by atoms with Crippen molar-refractivity contribution < 1.29 is 19.1 Å². The molecule has 32 heavy (non-hydrogen) atoms. The maximum Gasteiger partial charge on any atom is 0.277 e. The third-order valence-corrected chi connectivity index (χ3v) is 4.29. The second kappa shape index (κ2) is 11.9. The SMILES string of the molecule is C/C(CC(=O)Nc1ccccc1)=N\NC(=O)COc1ccc(OCc2ccccc2)cc1. The Bertz CT molecular complexity index is 1040. The number of ether oxygens (including phenoxy) is 2. The van der Waals surface area contributed by atoms with Crippen LogP contribution < -0.4 is 20.2 Å². The number of anilines is 1. The number of carbonyl (C=O) groups is 2. The number of nitrogens with zero attached hydrogens (tertiary/aromatic N) is 1. The van der Waals surface area contributed by atoms with Crippen LogP contribution in [0.5, 0.6) is 11.5 Å². The first kappa shape index (κ1) is 22.6. The minimum atomic E-state index is -0.419. The van der Waals surface area contributed by atoms with E-state index in [9.17, 15) is 9.59 Å². The second-order valence-corrected chi connectivity index (χ2v) is 7.01. The van der Waals surface area contributed by atoms with Gasteiger partial charge in [-0.1, -0.05) is 48.5 Å². The third kappa shape index (κ3) is 7.95. The zero-order valence-corrected chi connectivity index (χ0v) is 17.8. The molecule has 3 aromatic carbocycles. The van der Waals surface area contributed by atoms with Crippen LogP contribution in [0.2, 0.25) is 0 Å². The zero-order valence-electron chi connectivity index (χ0n) is 17.8. The Hall–Kier alpha value is -4.13. The average molecular weight is 431 g/mol. The number of rotatable bonds is 10. The lowest BCUT2D eigenvalue weighted by molar-refractivity contribution is -0.123. The van der Waals surface area contributed by atoms with Gasteiger partial charge in [-0.05, 0) is 48.9 Å². The van der Waals surface area contributed by atoms with Crippen LogP contribution in [0.3, 0.4) is 0 Å². The summed E-state index contributed by atoms with van der Waals surface area (Å²) in [4.78, 5) is 23.9. The van der Waals surface area contributed by atoms with E-state index in [1.807, 2.05) is 48.5 Å². The van der Waals surface area contributed by atoms with Gasteiger partial charge >= 0.3 is 0 Å². The van der Waals surface area contributed by atoms with Crippen LogP contribution in [-0.4, -0.2) is 24.1 Å². The van der Waals surface area contributed by atoms with E-state index in [0.29, 0.717) is 29.5 Å². The quantitative estimate of drug-likeness (QED) is 0.373. The van der Waals surface area contributed by atoms with Crippen molar-refractivity contribution in [3.8, 4) is 11.5 Å². The molecule has 0 aliphatic carbocycles. The summed E-state index contributed by atoms with van der Waals surface area (Å²) >= 11 is 0. The number of amides is 2. The lowest BCUT2D eigenvalue weighted by Crippen LogP contribution is -2.26. The maximum atomic E-state index is 12.0. The number of hydrogen-bond acceptors (Lipinski definition) is 5. The molecular formula is C25H25N3O4. The number of para-hydroxylation sites is 1. The van der Waals surface area contributed by atoms with Gasteiger partial charge in [0, 0.05) is 11.4 Å². The fraction of sp³-hybridized carbons (Fsp3) is 0.160. The van der Waals surface area contributed by atoms with Crippen LogP contribution in [0.4, 0.5) is 5.69 Å². The molecule has 0 atom stereocenters. The molecule has 3 aromatic rings. The molecule has 0 fully saturated rings. The smallest absolute Gasteiger partial charge is 0.277 e. The third-order valence-electron chi connectivity index (χ3n) is 4.29. The summed E-state index contributed by atoms with van der Waals surface area (Å²) in [6.07, 6.45) is 0.0699. The first-order valence-corrected chi connectivity index (χ1v) is 10.1. The van der Waals surface area contributed by atoms with Crippen LogP contribution in [0.1, 0.15) is 18.9 Å². The predicted octanol–water partition coefficient (Wildman–Crippen LogP) is 4.17. The molecule has 0 saturated heterocycles. The zero-order chi connectivity index (χ0) is 22.6. The predicted molar refractivity (Wildman–Crippen MR) is 124 cm³/mol. The van der Waals surface area contributed by atoms with Gasteiger partial charge in [0.05, 0.1) is 6.42 Å². The maximum absolute atomic E-state index is 12.0. The van der Waals surface area contributed by atoms with E-state index in [1.165, 1.54) is 0 Å². The average Bonchev–Trinajstić information content (AvgIpc) is 2.82. The highest BCUT2D eigenvalue weighted by Gasteiger charge is 2.06. The van der Waals surface area contributed by atoms with Gasteiger partial charge in [-0.2, -0.15) is 5.10 Å². The normalized spacial score (nSPS) is 10.8. The summed E-state index contributed by atoms with van der Waals surface area (Å²) in [6, 6.07) is 26.0. The molecule has 0 unspecified atom stereocenters. The Morgan fingerprint density at radius 2 is 1.38 bits per heavy atom. The minimum absolute atomic E-state index is 0.0699. The number of carbonyl (C=O) groups excluding carboxylic acids is 2. The van der Waals surface area contributed by atoms with E-state index >= 15 is 0 Å². The number of hydrogen-bond donors (Lipinski definition) is 2. The Labute approximate surface area is 187 Å². The van der Waals surface area contributed by atoms with Crippen LogP contribution in [0.15, 0.2) is 90.0 Å². The van der Waals surface area contributed by atoms with Crippen molar-refractivity contribution in [2.75, 3.05) is 11.9 Å². The van der Waals surface area contributed by atoms with Gasteiger partial charge in [-0.25, -0.2) is 5.43 Å². The van der Waals surface area contributed by atoms with Crippen LogP contribution in [0, 0.1) is 0 Å². The number of nitrogens with one attached hydrogen (secondary N) is 2. The highest BCUT2D eigenvalue weighted by atomic mass is 16.5. The largest absolute Gasteiger partial charge is 0.489 e. The standard InChI is InChI=1S/C25H25N3O4/c1-19(16-24(29)26-21-10-6-3-7-11-21)27-28-25(30)18-32-23-14-12-22(13-15-23)31-17-20-8-4-2-5-9-20/h2-15H,16-18H2,1H3,(H,26,29)(H,28,30)/b27-19+.